The highest BCUT2D eigenvalue weighted by Crippen LogP contribution is 2.10. The number of para-hydroxylation sites is 1. The van der Waals surface area contributed by atoms with E-state index in [-0.39, 0.29) is 6.03 Å². The van der Waals surface area contributed by atoms with E-state index < -0.39 is 0 Å². The number of carbonyl (C=O) groups excluding carboxylic acids is 1. The number of carbonyl (C=O) groups is 1. The second-order valence-corrected chi connectivity index (χ2v) is 6.67. The van der Waals surface area contributed by atoms with E-state index in [1.807, 2.05) is 68.8 Å². The lowest BCUT2D eigenvalue weighted by Crippen LogP contribution is -2.34. The first kappa shape index (κ1) is 18.7. The molecule has 0 unspecified atom stereocenters. The quantitative estimate of drug-likeness (QED) is 0.678. The molecule has 1 heterocycles. The fourth-order valence-corrected chi connectivity index (χ4v) is 2.82. The molecule has 0 aliphatic carbocycles. The molecule has 140 valence electrons. The highest BCUT2D eigenvalue weighted by Gasteiger charge is 2.06. The van der Waals surface area contributed by atoms with Crippen LogP contribution in [0.5, 0.6) is 0 Å². The Hall–Kier alpha value is -3.12. The summed E-state index contributed by atoms with van der Waals surface area (Å²) in [5, 5.41) is 10.1. The van der Waals surface area contributed by atoms with E-state index in [1.54, 1.807) is 10.9 Å². The summed E-state index contributed by atoms with van der Waals surface area (Å²) in [5.41, 5.74) is 4.28. The summed E-state index contributed by atoms with van der Waals surface area (Å²) < 4.78 is 1.80. The van der Waals surface area contributed by atoms with E-state index in [2.05, 4.69) is 26.7 Å². The van der Waals surface area contributed by atoms with Crippen LogP contribution in [-0.4, -0.2) is 34.8 Å². The number of benzene rings is 2. The second-order valence-electron chi connectivity index (χ2n) is 6.67. The average Bonchev–Trinajstić information content (AvgIpc) is 3.15. The molecule has 3 aromatic rings. The van der Waals surface area contributed by atoms with Gasteiger partial charge in [-0.15, -0.1) is 0 Å². The van der Waals surface area contributed by atoms with Gasteiger partial charge < -0.3 is 15.5 Å². The smallest absolute Gasteiger partial charge is 0.315 e. The molecule has 2 aromatic carbocycles. The van der Waals surface area contributed by atoms with E-state index in [0.717, 1.165) is 23.4 Å². The second kappa shape index (κ2) is 9.00. The van der Waals surface area contributed by atoms with Gasteiger partial charge in [0.1, 0.15) is 0 Å². The van der Waals surface area contributed by atoms with Gasteiger partial charge in [0.05, 0.1) is 11.9 Å². The molecule has 2 amide bonds. The molecule has 0 fully saturated rings. The number of hydrogen-bond donors (Lipinski definition) is 2. The van der Waals surface area contributed by atoms with Crippen molar-refractivity contribution >= 4 is 6.03 Å². The van der Waals surface area contributed by atoms with Crippen LogP contribution in [0.15, 0.2) is 67.0 Å². The molecule has 0 saturated heterocycles. The predicted molar refractivity (Wildman–Crippen MR) is 106 cm³/mol. The van der Waals surface area contributed by atoms with E-state index >= 15 is 0 Å². The van der Waals surface area contributed by atoms with Crippen LogP contribution in [0, 0.1) is 0 Å². The number of urea groups is 1. The van der Waals surface area contributed by atoms with Crippen LogP contribution >= 0.6 is 0 Å². The van der Waals surface area contributed by atoms with Gasteiger partial charge in [0.25, 0.3) is 0 Å². The fraction of sp³-hybridized carbons (Fsp3) is 0.238. The van der Waals surface area contributed by atoms with Crippen LogP contribution in [0.2, 0.25) is 0 Å². The van der Waals surface area contributed by atoms with Crippen molar-refractivity contribution in [3.8, 4) is 5.69 Å². The van der Waals surface area contributed by atoms with Crippen LogP contribution in [0.3, 0.4) is 0 Å². The van der Waals surface area contributed by atoms with Gasteiger partial charge in [-0.05, 0) is 37.4 Å². The first-order chi connectivity index (χ1) is 13.1. The van der Waals surface area contributed by atoms with E-state index in [1.165, 1.54) is 5.56 Å². The van der Waals surface area contributed by atoms with Crippen LogP contribution in [0.25, 0.3) is 5.69 Å². The number of nitrogens with zero attached hydrogens (tertiary/aromatic N) is 3. The van der Waals surface area contributed by atoms with Crippen molar-refractivity contribution in [2.75, 3.05) is 14.1 Å². The standard InChI is InChI=1S/C21H25N5O/c1-25(2)16-19-9-7-6-8-18(19)14-23-21(27)22-12-17-13-24-26(15-17)20-10-4-3-5-11-20/h3-11,13,15H,12,14,16H2,1-2H3,(H2,22,23,27). The Bertz CT molecular complexity index is 873. The number of rotatable bonds is 7. The molecule has 27 heavy (non-hydrogen) atoms. The minimum atomic E-state index is -0.192. The maximum atomic E-state index is 12.1. The van der Waals surface area contributed by atoms with Crippen molar-refractivity contribution in [3.05, 3.63) is 83.7 Å². The van der Waals surface area contributed by atoms with Crippen molar-refractivity contribution in [2.45, 2.75) is 19.6 Å². The minimum Gasteiger partial charge on any atom is -0.334 e. The summed E-state index contributed by atoms with van der Waals surface area (Å²) in [6.45, 7) is 1.77. The van der Waals surface area contributed by atoms with E-state index in [0.29, 0.717) is 13.1 Å². The Kier molecular flexibility index (Phi) is 6.22. The third-order valence-corrected chi connectivity index (χ3v) is 4.15. The predicted octanol–water partition coefficient (Wildman–Crippen LogP) is 2.93. The summed E-state index contributed by atoms with van der Waals surface area (Å²) in [6.07, 6.45) is 3.68. The number of aromatic nitrogens is 2. The molecule has 6 heteroatoms. The van der Waals surface area contributed by atoms with Crippen LogP contribution in [0.1, 0.15) is 16.7 Å². The molecule has 6 nitrogen and oxygen atoms in total. The van der Waals surface area contributed by atoms with Gasteiger partial charge in [0.2, 0.25) is 0 Å². The monoisotopic (exact) mass is 363 g/mol. The molecule has 0 aliphatic heterocycles. The van der Waals surface area contributed by atoms with Gasteiger partial charge in [-0.1, -0.05) is 42.5 Å². The molecule has 0 radical (unpaired) electrons. The highest BCUT2D eigenvalue weighted by molar-refractivity contribution is 5.73. The third kappa shape index (κ3) is 5.43. The van der Waals surface area contributed by atoms with Crippen molar-refractivity contribution < 1.29 is 4.79 Å². The molecular weight excluding hydrogens is 338 g/mol. The Morgan fingerprint density at radius 1 is 0.963 bits per heavy atom. The van der Waals surface area contributed by atoms with Gasteiger partial charge >= 0.3 is 6.03 Å². The SMILES string of the molecule is CN(C)Cc1ccccc1CNC(=O)NCc1cnn(-c2ccccc2)c1. The maximum Gasteiger partial charge on any atom is 0.315 e. The lowest BCUT2D eigenvalue weighted by molar-refractivity contribution is 0.240. The topological polar surface area (TPSA) is 62.2 Å². The summed E-state index contributed by atoms with van der Waals surface area (Å²) in [5.74, 6) is 0. The van der Waals surface area contributed by atoms with Crippen LogP contribution < -0.4 is 10.6 Å². The Balaban J connectivity index is 1.50. The van der Waals surface area contributed by atoms with Crippen LogP contribution in [0.4, 0.5) is 4.79 Å². The number of amides is 2. The summed E-state index contributed by atoms with van der Waals surface area (Å²) >= 11 is 0. The van der Waals surface area contributed by atoms with E-state index in [9.17, 15) is 4.79 Å². The maximum absolute atomic E-state index is 12.1. The summed E-state index contributed by atoms with van der Waals surface area (Å²) in [7, 11) is 4.07. The van der Waals surface area contributed by atoms with Crippen molar-refractivity contribution in [1.29, 1.82) is 0 Å². The van der Waals surface area contributed by atoms with Crippen LogP contribution in [-0.2, 0) is 19.6 Å². The van der Waals surface area contributed by atoms with Gasteiger partial charge in [-0.3, -0.25) is 0 Å². The van der Waals surface area contributed by atoms with E-state index in [4.69, 9.17) is 0 Å². The Morgan fingerprint density at radius 3 is 2.37 bits per heavy atom. The molecule has 0 saturated carbocycles. The Labute approximate surface area is 159 Å². The molecule has 0 spiro atoms. The molecule has 0 atom stereocenters. The number of hydrogen-bond acceptors (Lipinski definition) is 3. The lowest BCUT2D eigenvalue weighted by Gasteiger charge is -2.14. The first-order valence-corrected chi connectivity index (χ1v) is 8.94. The van der Waals surface area contributed by atoms with Crippen molar-refractivity contribution in [3.63, 3.8) is 0 Å². The molecule has 3 rings (SSSR count). The zero-order valence-corrected chi connectivity index (χ0v) is 15.7. The van der Waals surface area contributed by atoms with Gasteiger partial charge in [0, 0.05) is 31.4 Å². The minimum absolute atomic E-state index is 0.192. The van der Waals surface area contributed by atoms with Gasteiger partial charge in [0.15, 0.2) is 0 Å². The first-order valence-electron chi connectivity index (χ1n) is 8.94. The average molecular weight is 363 g/mol. The summed E-state index contributed by atoms with van der Waals surface area (Å²) in [4.78, 5) is 14.3. The van der Waals surface area contributed by atoms with Crippen molar-refractivity contribution in [1.82, 2.24) is 25.3 Å². The van der Waals surface area contributed by atoms with Gasteiger partial charge in [-0.2, -0.15) is 5.10 Å². The molecule has 1 aromatic heterocycles. The Morgan fingerprint density at radius 2 is 1.63 bits per heavy atom. The van der Waals surface area contributed by atoms with Crippen molar-refractivity contribution in [2.24, 2.45) is 0 Å². The highest BCUT2D eigenvalue weighted by atomic mass is 16.2. The number of nitrogens with one attached hydrogen (secondary N) is 2. The zero-order chi connectivity index (χ0) is 19.1. The third-order valence-electron chi connectivity index (χ3n) is 4.15. The fourth-order valence-electron chi connectivity index (χ4n) is 2.82. The summed E-state index contributed by atoms with van der Waals surface area (Å²) in [6, 6.07) is 17.8. The molecular formula is C21H25N5O. The normalized spacial score (nSPS) is 10.8. The molecule has 2 N–H and O–H groups in total. The lowest BCUT2D eigenvalue weighted by atomic mass is 10.1. The zero-order valence-electron chi connectivity index (χ0n) is 15.7. The van der Waals surface area contributed by atoms with Gasteiger partial charge in [-0.25, -0.2) is 9.48 Å². The largest absolute Gasteiger partial charge is 0.334 e. The molecule has 0 bridgehead atoms. The molecule has 0 aliphatic rings.